The Morgan fingerprint density at radius 2 is 1.38 bits per heavy atom. The summed E-state index contributed by atoms with van der Waals surface area (Å²) in [6.45, 7) is 0.234. The fraction of sp³-hybridized carbons (Fsp3) is 0.154. The van der Waals surface area contributed by atoms with Crippen molar-refractivity contribution in [2.45, 2.75) is 38.0 Å². The molecule has 0 spiro atoms. The molecule has 0 amide bonds. The lowest BCUT2D eigenvalue weighted by molar-refractivity contribution is 0.256. The highest BCUT2D eigenvalue weighted by Crippen LogP contribution is 2.47. The summed E-state index contributed by atoms with van der Waals surface area (Å²) >= 11 is 0. The number of hydrogen-bond acceptors (Lipinski definition) is 5. The Morgan fingerprint density at radius 3 is 2.09 bits per heavy atom. The molecule has 0 radical (unpaired) electrons. The Kier molecular flexibility index (Phi) is 6.51. The highest BCUT2D eigenvalue weighted by molar-refractivity contribution is 5.91. The Balaban J connectivity index is 1.37. The van der Waals surface area contributed by atoms with E-state index in [0.29, 0.717) is 18.7 Å². The molecule has 4 N–H and O–H groups in total. The Morgan fingerprint density at radius 1 is 0.702 bits per heavy atom. The van der Waals surface area contributed by atoms with E-state index < -0.39 is 0 Å². The molecule has 8 bridgehead atoms. The van der Waals surface area contributed by atoms with Crippen LogP contribution in [-0.4, -0.2) is 39.9 Å². The third kappa shape index (κ3) is 4.64. The normalized spacial score (nSPS) is 16.6. The lowest BCUT2D eigenvalue weighted by atomic mass is 9.81. The minimum Gasteiger partial charge on any atom is -0.392 e. The Bertz CT molecular complexity index is 2350. The number of aromatic amines is 2. The van der Waals surface area contributed by atoms with Crippen molar-refractivity contribution in [2.75, 3.05) is 0 Å². The minimum absolute atomic E-state index is 0.0353. The van der Waals surface area contributed by atoms with E-state index in [4.69, 9.17) is 15.1 Å². The summed E-state index contributed by atoms with van der Waals surface area (Å²) in [7, 11) is 0. The zero-order valence-corrected chi connectivity index (χ0v) is 25.6. The average Bonchev–Trinajstić information content (AvgIpc) is 3.95. The Labute approximate surface area is 270 Å². The number of aliphatic hydroxyl groups is 2. The van der Waals surface area contributed by atoms with Crippen LogP contribution < -0.4 is 0 Å². The molecule has 3 aliphatic rings. The molecule has 2 aromatic carbocycles. The summed E-state index contributed by atoms with van der Waals surface area (Å²) in [4.78, 5) is 17.9. The number of aromatic nitrogens is 6. The fourth-order valence-electron chi connectivity index (χ4n) is 7.51. The molecule has 2 unspecified atom stereocenters. The molecule has 47 heavy (non-hydrogen) atoms. The number of nitrogens with zero attached hydrogens (tertiary/aromatic N) is 4. The van der Waals surface area contributed by atoms with E-state index in [2.05, 4.69) is 107 Å². The molecule has 9 rings (SSSR count). The highest BCUT2D eigenvalue weighted by Gasteiger charge is 2.40. The van der Waals surface area contributed by atoms with Crippen molar-refractivity contribution >= 4 is 34.2 Å². The largest absolute Gasteiger partial charge is 0.392 e. The summed E-state index contributed by atoms with van der Waals surface area (Å²) in [5.41, 5.74) is 14.1. The van der Waals surface area contributed by atoms with Gasteiger partial charge in [0.15, 0.2) is 0 Å². The van der Waals surface area contributed by atoms with E-state index in [1.807, 2.05) is 16.8 Å². The summed E-state index contributed by atoms with van der Waals surface area (Å²) in [6, 6.07) is 33.5. The maximum atomic E-state index is 10.3. The average molecular weight is 617 g/mol. The predicted octanol–water partition coefficient (Wildman–Crippen LogP) is 7.12. The number of aliphatic hydroxyl groups excluding tert-OH is 2. The third-order valence-electron chi connectivity index (χ3n) is 9.67. The van der Waals surface area contributed by atoms with Crippen LogP contribution in [0, 0.1) is 0 Å². The number of hydrogen-bond donors (Lipinski definition) is 4. The van der Waals surface area contributed by atoms with Gasteiger partial charge in [0.25, 0.3) is 0 Å². The summed E-state index contributed by atoms with van der Waals surface area (Å²) in [5, 5.41) is 25.1. The van der Waals surface area contributed by atoms with Crippen LogP contribution in [0.25, 0.3) is 56.5 Å². The molecular formula is C39H32N6O2. The van der Waals surface area contributed by atoms with E-state index in [1.165, 1.54) is 0 Å². The van der Waals surface area contributed by atoms with E-state index in [0.717, 1.165) is 78.4 Å². The zero-order valence-electron chi connectivity index (χ0n) is 25.6. The lowest BCUT2D eigenvalue weighted by Gasteiger charge is -2.28. The van der Waals surface area contributed by atoms with Gasteiger partial charge in [0.1, 0.15) is 0 Å². The molecule has 0 aliphatic carbocycles. The topological polar surface area (TPSA) is 116 Å². The van der Waals surface area contributed by atoms with E-state index >= 15 is 0 Å². The van der Waals surface area contributed by atoms with Crippen LogP contribution in [0.2, 0.25) is 0 Å². The van der Waals surface area contributed by atoms with Crippen molar-refractivity contribution in [3.8, 4) is 22.3 Å². The minimum atomic E-state index is -0.206. The Hall–Kier alpha value is -5.57. The standard InChI is InChI=1S/C39H32N6O2/c46-21-30-35(22-47)44-45-20-29-28(19-36(30)45)34-18-27-13-15-32(42-27)37(23-7-3-1-4-8-23)31-14-11-25(40-31)17-26-12-16-33(41-26)38(39(29)43-34)24-9-5-2-6-10-24/h1-18,28-29,41-42,46-47H,19-22H2. The highest BCUT2D eigenvalue weighted by atomic mass is 16.3. The summed E-state index contributed by atoms with van der Waals surface area (Å²) < 4.78 is 1.97. The molecular weight excluding hydrogens is 584 g/mol. The van der Waals surface area contributed by atoms with Crippen LogP contribution in [0.4, 0.5) is 0 Å². The van der Waals surface area contributed by atoms with Crippen molar-refractivity contribution in [3.63, 3.8) is 0 Å². The van der Waals surface area contributed by atoms with Crippen LogP contribution in [0.1, 0.15) is 51.6 Å². The van der Waals surface area contributed by atoms with Gasteiger partial charge in [-0.1, -0.05) is 60.7 Å². The fourth-order valence-corrected chi connectivity index (χ4v) is 7.51. The SMILES string of the molecule is OCc1nn2c(c1CO)CC1c3cc4ccc([nH]4)c(-c4ccccc4)c4nc(cc5ccc([nH]5)c(-c5ccccc5)c(n3)C1C2)C=C4. The summed E-state index contributed by atoms with van der Waals surface area (Å²) in [6.07, 6.45) is 4.80. The van der Waals surface area contributed by atoms with Crippen molar-refractivity contribution in [1.29, 1.82) is 0 Å². The van der Waals surface area contributed by atoms with Gasteiger partial charge in [0.05, 0.1) is 42.5 Å². The van der Waals surface area contributed by atoms with Crippen molar-refractivity contribution in [2.24, 2.45) is 0 Å². The van der Waals surface area contributed by atoms with Gasteiger partial charge in [0, 0.05) is 62.0 Å². The van der Waals surface area contributed by atoms with Gasteiger partial charge < -0.3 is 20.2 Å². The molecule has 0 saturated carbocycles. The van der Waals surface area contributed by atoms with Crippen LogP contribution in [-0.2, 0) is 26.2 Å². The van der Waals surface area contributed by atoms with E-state index in [9.17, 15) is 10.2 Å². The molecule has 230 valence electrons. The molecule has 0 fully saturated rings. The molecule has 2 atom stereocenters. The molecule has 6 aromatic rings. The molecule has 8 nitrogen and oxygen atoms in total. The van der Waals surface area contributed by atoms with E-state index in [1.54, 1.807) is 0 Å². The van der Waals surface area contributed by atoms with Crippen molar-refractivity contribution < 1.29 is 10.2 Å². The maximum Gasteiger partial charge on any atom is 0.0936 e. The van der Waals surface area contributed by atoms with Gasteiger partial charge in [-0.05, 0) is 66.1 Å². The monoisotopic (exact) mass is 616 g/mol. The van der Waals surface area contributed by atoms with Gasteiger partial charge in [-0.2, -0.15) is 5.10 Å². The maximum absolute atomic E-state index is 10.3. The molecule has 7 heterocycles. The summed E-state index contributed by atoms with van der Waals surface area (Å²) in [5.74, 6) is 0.0951. The number of fused-ring (bicyclic) bond motifs is 12. The quantitative estimate of drug-likeness (QED) is 0.168. The second-order valence-corrected chi connectivity index (χ2v) is 12.4. The lowest BCUT2D eigenvalue weighted by Crippen LogP contribution is -2.25. The van der Waals surface area contributed by atoms with Gasteiger partial charge in [0.2, 0.25) is 0 Å². The number of nitrogens with one attached hydrogen (secondary N) is 2. The van der Waals surface area contributed by atoms with Gasteiger partial charge in [-0.3, -0.25) is 9.67 Å². The van der Waals surface area contributed by atoms with Crippen LogP contribution in [0.15, 0.2) is 97.1 Å². The van der Waals surface area contributed by atoms with Crippen LogP contribution >= 0.6 is 0 Å². The molecule has 0 saturated heterocycles. The van der Waals surface area contributed by atoms with Gasteiger partial charge in [-0.15, -0.1) is 0 Å². The smallest absolute Gasteiger partial charge is 0.0936 e. The zero-order chi connectivity index (χ0) is 31.5. The first-order valence-electron chi connectivity index (χ1n) is 16.0. The molecule has 3 aliphatic heterocycles. The third-order valence-corrected chi connectivity index (χ3v) is 9.67. The number of rotatable bonds is 4. The van der Waals surface area contributed by atoms with Crippen molar-refractivity contribution in [3.05, 3.63) is 137 Å². The first kappa shape index (κ1) is 27.7. The number of benzene rings is 2. The van der Waals surface area contributed by atoms with Gasteiger partial charge >= 0.3 is 0 Å². The molecule has 4 aromatic heterocycles. The predicted molar refractivity (Wildman–Crippen MR) is 184 cm³/mol. The van der Waals surface area contributed by atoms with Crippen LogP contribution in [0.5, 0.6) is 0 Å². The second kappa shape index (κ2) is 11.0. The first-order valence-corrected chi connectivity index (χ1v) is 16.0. The van der Waals surface area contributed by atoms with Gasteiger partial charge in [-0.25, -0.2) is 4.98 Å². The van der Waals surface area contributed by atoms with Crippen LogP contribution in [0.3, 0.4) is 0 Å². The van der Waals surface area contributed by atoms with E-state index in [-0.39, 0.29) is 25.0 Å². The molecule has 8 heteroatoms. The number of H-pyrrole nitrogens is 2. The van der Waals surface area contributed by atoms with Crippen molar-refractivity contribution in [1.82, 2.24) is 29.7 Å². The second-order valence-electron chi connectivity index (χ2n) is 12.4. The first-order chi connectivity index (χ1) is 23.2.